The Labute approximate surface area is 81.2 Å². The Hall–Kier alpha value is -0.710. The molecule has 1 heterocycles. The van der Waals surface area contributed by atoms with E-state index in [-0.39, 0.29) is 5.91 Å². The summed E-state index contributed by atoms with van der Waals surface area (Å²) >= 11 is 0. The van der Waals surface area contributed by atoms with Gasteiger partial charge in [0.25, 0.3) is 6.43 Å². The molecule has 0 aromatic carbocycles. The molecule has 2 aliphatic rings. The Morgan fingerprint density at radius 2 is 2.00 bits per heavy atom. The minimum absolute atomic E-state index is 0.242. The van der Waals surface area contributed by atoms with Crippen LogP contribution in [0.1, 0.15) is 19.8 Å². The van der Waals surface area contributed by atoms with Crippen molar-refractivity contribution in [3.8, 4) is 0 Å². The molecule has 1 saturated carbocycles. The van der Waals surface area contributed by atoms with Gasteiger partial charge in [-0.15, -0.1) is 0 Å². The van der Waals surface area contributed by atoms with Gasteiger partial charge in [-0.2, -0.15) is 0 Å². The Balaban J connectivity index is 1.95. The van der Waals surface area contributed by atoms with Gasteiger partial charge in [0.1, 0.15) is 5.54 Å². The second kappa shape index (κ2) is 2.89. The number of halogens is 2. The van der Waals surface area contributed by atoms with Crippen LogP contribution in [-0.2, 0) is 4.79 Å². The largest absolute Gasteiger partial charge is 0.344 e. The lowest BCUT2D eigenvalue weighted by Crippen LogP contribution is -2.62. The van der Waals surface area contributed by atoms with E-state index in [9.17, 15) is 13.6 Å². The van der Waals surface area contributed by atoms with Crippen LogP contribution < -0.4 is 10.6 Å². The zero-order valence-corrected chi connectivity index (χ0v) is 8.07. The smallest absolute Gasteiger partial charge is 0.261 e. The molecule has 0 radical (unpaired) electrons. The zero-order valence-electron chi connectivity index (χ0n) is 8.07. The Morgan fingerprint density at radius 1 is 1.43 bits per heavy atom. The molecule has 14 heavy (non-hydrogen) atoms. The van der Waals surface area contributed by atoms with Crippen LogP contribution in [0.4, 0.5) is 8.78 Å². The summed E-state index contributed by atoms with van der Waals surface area (Å²) in [4.78, 5) is 11.6. The standard InChI is InChI=1S/C9H14F2N2O/c1-8(4-12-5-8)7(14)13-9(2-3-9)6(10)11/h6,12H,2-5H2,1H3,(H,13,14). The molecule has 1 aliphatic heterocycles. The average molecular weight is 204 g/mol. The van der Waals surface area contributed by atoms with Crippen molar-refractivity contribution in [1.82, 2.24) is 10.6 Å². The van der Waals surface area contributed by atoms with Crippen LogP contribution in [0.15, 0.2) is 0 Å². The van der Waals surface area contributed by atoms with E-state index in [1.807, 2.05) is 0 Å². The first kappa shape index (κ1) is 9.83. The van der Waals surface area contributed by atoms with E-state index >= 15 is 0 Å². The Kier molecular flexibility index (Phi) is 2.03. The van der Waals surface area contributed by atoms with Crippen molar-refractivity contribution in [3.05, 3.63) is 0 Å². The number of alkyl halides is 2. The van der Waals surface area contributed by atoms with Gasteiger partial charge in [0, 0.05) is 13.1 Å². The van der Waals surface area contributed by atoms with Crippen LogP contribution in [0, 0.1) is 5.41 Å². The number of hydrogen-bond donors (Lipinski definition) is 2. The number of carbonyl (C=O) groups excluding carboxylic acids is 1. The quantitative estimate of drug-likeness (QED) is 0.703. The molecule has 1 aliphatic carbocycles. The molecule has 5 heteroatoms. The highest BCUT2D eigenvalue weighted by Gasteiger charge is 2.54. The van der Waals surface area contributed by atoms with E-state index in [0.29, 0.717) is 25.9 Å². The van der Waals surface area contributed by atoms with Crippen LogP contribution in [0.5, 0.6) is 0 Å². The molecule has 0 aromatic rings. The lowest BCUT2D eigenvalue weighted by Gasteiger charge is -2.38. The van der Waals surface area contributed by atoms with Gasteiger partial charge in [0.05, 0.1) is 5.41 Å². The second-order valence-electron chi connectivity index (χ2n) is 4.58. The van der Waals surface area contributed by atoms with E-state index in [1.165, 1.54) is 0 Å². The zero-order chi connectivity index (χ0) is 10.4. The van der Waals surface area contributed by atoms with Crippen molar-refractivity contribution in [1.29, 1.82) is 0 Å². The van der Waals surface area contributed by atoms with E-state index in [0.717, 1.165) is 0 Å². The highest BCUT2D eigenvalue weighted by molar-refractivity contribution is 5.84. The van der Waals surface area contributed by atoms with Crippen molar-refractivity contribution < 1.29 is 13.6 Å². The Morgan fingerprint density at radius 3 is 2.29 bits per heavy atom. The molecule has 2 fully saturated rings. The highest BCUT2D eigenvalue weighted by atomic mass is 19.3. The number of nitrogens with one attached hydrogen (secondary N) is 2. The molecular weight excluding hydrogens is 190 g/mol. The predicted molar refractivity (Wildman–Crippen MR) is 47.1 cm³/mol. The van der Waals surface area contributed by atoms with Gasteiger partial charge in [-0.1, -0.05) is 0 Å². The first-order valence-electron chi connectivity index (χ1n) is 4.80. The molecule has 3 nitrogen and oxygen atoms in total. The third-order valence-corrected chi connectivity index (χ3v) is 3.15. The number of carbonyl (C=O) groups is 1. The van der Waals surface area contributed by atoms with Crippen LogP contribution in [0.25, 0.3) is 0 Å². The summed E-state index contributed by atoms with van der Waals surface area (Å²) in [5.41, 5.74) is -1.68. The summed E-state index contributed by atoms with van der Waals surface area (Å²) < 4.78 is 25.0. The fourth-order valence-corrected chi connectivity index (χ4v) is 1.57. The van der Waals surface area contributed by atoms with Crippen LogP contribution >= 0.6 is 0 Å². The van der Waals surface area contributed by atoms with Crippen molar-refractivity contribution in [2.45, 2.75) is 31.7 Å². The first-order valence-corrected chi connectivity index (χ1v) is 4.80. The lowest BCUT2D eigenvalue weighted by atomic mass is 9.83. The second-order valence-corrected chi connectivity index (χ2v) is 4.58. The summed E-state index contributed by atoms with van der Waals surface area (Å²) in [6, 6.07) is 0. The minimum Gasteiger partial charge on any atom is -0.344 e. The topological polar surface area (TPSA) is 41.1 Å². The lowest BCUT2D eigenvalue weighted by molar-refractivity contribution is -0.135. The highest BCUT2D eigenvalue weighted by Crippen LogP contribution is 2.42. The first-order chi connectivity index (χ1) is 6.49. The number of hydrogen-bond acceptors (Lipinski definition) is 2. The normalized spacial score (nSPS) is 26.9. The fraction of sp³-hybridized carbons (Fsp3) is 0.889. The number of rotatable bonds is 3. The molecule has 1 amide bonds. The molecule has 0 spiro atoms. The van der Waals surface area contributed by atoms with Crippen molar-refractivity contribution in [2.24, 2.45) is 5.41 Å². The summed E-state index contributed by atoms with van der Waals surface area (Å²) in [7, 11) is 0. The summed E-state index contributed by atoms with van der Waals surface area (Å²) in [5, 5.41) is 5.45. The fourth-order valence-electron chi connectivity index (χ4n) is 1.57. The predicted octanol–water partition coefficient (Wildman–Crippen LogP) is 0.510. The van der Waals surface area contributed by atoms with E-state index in [2.05, 4.69) is 10.6 Å². The SMILES string of the molecule is CC1(C(=O)NC2(C(F)F)CC2)CNC1. The molecule has 0 unspecified atom stereocenters. The third kappa shape index (κ3) is 1.39. The molecule has 2 rings (SSSR count). The summed E-state index contributed by atoms with van der Waals surface area (Å²) in [6.07, 6.45) is -1.64. The molecule has 0 aromatic heterocycles. The van der Waals surface area contributed by atoms with E-state index in [4.69, 9.17) is 0 Å². The van der Waals surface area contributed by atoms with Gasteiger partial charge in [-0.25, -0.2) is 8.78 Å². The minimum atomic E-state index is -2.44. The number of amides is 1. The van der Waals surface area contributed by atoms with Gasteiger partial charge in [-0.05, 0) is 19.8 Å². The average Bonchev–Trinajstić information content (AvgIpc) is 2.81. The Bertz CT molecular complexity index is 260. The summed E-state index contributed by atoms with van der Waals surface area (Å²) in [5.74, 6) is -0.242. The van der Waals surface area contributed by atoms with Crippen molar-refractivity contribution in [2.75, 3.05) is 13.1 Å². The molecule has 2 N–H and O–H groups in total. The van der Waals surface area contributed by atoms with Crippen LogP contribution in [0.3, 0.4) is 0 Å². The molecule has 0 atom stereocenters. The van der Waals surface area contributed by atoms with Crippen molar-refractivity contribution in [3.63, 3.8) is 0 Å². The van der Waals surface area contributed by atoms with Crippen LogP contribution in [0.2, 0.25) is 0 Å². The maximum absolute atomic E-state index is 12.5. The maximum atomic E-state index is 12.5. The monoisotopic (exact) mass is 204 g/mol. The van der Waals surface area contributed by atoms with E-state index in [1.54, 1.807) is 6.92 Å². The molecule has 1 saturated heterocycles. The van der Waals surface area contributed by atoms with Gasteiger partial charge in [0.2, 0.25) is 5.91 Å². The van der Waals surface area contributed by atoms with E-state index < -0.39 is 17.4 Å². The van der Waals surface area contributed by atoms with Gasteiger partial charge >= 0.3 is 0 Å². The van der Waals surface area contributed by atoms with Crippen molar-refractivity contribution >= 4 is 5.91 Å². The molecular formula is C9H14F2N2O. The van der Waals surface area contributed by atoms with Gasteiger partial charge < -0.3 is 10.6 Å². The maximum Gasteiger partial charge on any atom is 0.261 e. The van der Waals surface area contributed by atoms with Crippen LogP contribution in [-0.4, -0.2) is 31.0 Å². The van der Waals surface area contributed by atoms with Gasteiger partial charge in [0.15, 0.2) is 0 Å². The molecule has 0 bridgehead atoms. The molecule has 80 valence electrons. The third-order valence-electron chi connectivity index (χ3n) is 3.15. The van der Waals surface area contributed by atoms with Gasteiger partial charge in [-0.3, -0.25) is 4.79 Å². The summed E-state index contributed by atoms with van der Waals surface area (Å²) in [6.45, 7) is 2.96.